The molecule has 98 valence electrons. The monoisotopic (exact) mass is 268 g/mol. The lowest BCUT2D eigenvalue weighted by molar-refractivity contribution is 0.0593. The van der Waals surface area contributed by atoms with Gasteiger partial charge in [-0.1, -0.05) is 0 Å². The molecule has 2 heterocycles. The van der Waals surface area contributed by atoms with Crippen molar-refractivity contribution in [3.63, 3.8) is 0 Å². The van der Waals surface area contributed by atoms with Gasteiger partial charge >= 0.3 is 5.97 Å². The molecule has 0 unspecified atom stereocenters. The van der Waals surface area contributed by atoms with E-state index in [1.807, 2.05) is 0 Å². The van der Waals surface area contributed by atoms with Crippen LogP contribution < -0.4 is 5.73 Å². The van der Waals surface area contributed by atoms with E-state index in [0.717, 1.165) is 26.1 Å². The van der Waals surface area contributed by atoms with Crippen molar-refractivity contribution in [2.45, 2.75) is 23.1 Å². The van der Waals surface area contributed by atoms with Gasteiger partial charge in [-0.25, -0.2) is 9.78 Å². The Morgan fingerprint density at radius 2 is 2.22 bits per heavy atom. The molecule has 0 spiro atoms. The summed E-state index contributed by atoms with van der Waals surface area (Å²) in [5, 5.41) is 1.14. The summed E-state index contributed by atoms with van der Waals surface area (Å²) >= 11 is 1.61. The summed E-state index contributed by atoms with van der Waals surface area (Å²) in [5.41, 5.74) is 6.77. The quantitative estimate of drug-likeness (QED) is 0.841. The maximum absolute atomic E-state index is 11.4. The third kappa shape index (κ3) is 3.14. The molecule has 0 atom stereocenters. The number of rotatable bonds is 3. The van der Waals surface area contributed by atoms with Crippen molar-refractivity contribution in [1.82, 2.24) is 4.98 Å². The molecule has 1 aliphatic rings. The van der Waals surface area contributed by atoms with Crippen molar-refractivity contribution in [2.75, 3.05) is 26.1 Å². The van der Waals surface area contributed by atoms with Crippen molar-refractivity contribution in [3.05, 3.63) is 17.8 Å². The van der Waals surface area contributed by atoms with Gasteiger partial charge in [0.15, 0.2) is 0 Å². The minimum atomic E-state index is -0.441. The zero-order valence-electron chi connectivity index (χ0n) is 10.2. The van der Waals surface area contributed by atoms with E-state index >= 15 is 0 Å². The molecular weight excluding hydrogens is 252 g/mol. The van der Waals surface area contributed by atoms with Crippen LogP contribution in [0.1, 0.15) is 23.3 Å². The number of pyridine rings is 1. The Morgan fingerprint density at radius 1 is 1.50 bits per heavy atom. The van der Waals surface area contributed by atoms with E-state index in [1.54, 1.807) is 23.9 Å². The summed E-state index contributed by atoms with van der Waals surface area (Å²) in [6.07, 6.45) is 1.96. The molecule has 6 heteroatoms. The number of ether oxygens (including phenoxy) is 2. The fourth-order valence-electron chi connectivity index (χ4n) is 1.72. The Kier molecular flexibility index (Phi) is 4.43. The highest BCUT2D eigenvalue weighted by molar-refractivity contribution is 8.00. The van der Waals surface area contributed by atoms with Crippen LogP contribution in [0.25, 0.3) is 0 Å². The van der Waals surface area contributed by atoms with Crippen LogP contribution in [0.5, 0.6) is 0 Å². The van der Waals surface area contributed by atoms with Gasteiger partial charge in [0.05, 0.1) is 12.8 Å². The molecule has 0 bridgehead atoms. The summed E-state index contributed by atoms with van der Waals surface area (Å²) in [6.45, 7) is 1.54. The van der Waals surface area contributed by atoms with Crippen LogP contribution >= 0.6 is 11.8 Å². The molecule has 1 saturated heterocycles. The Labute approximate surface area is 110 Å². The molecule has 1 fully saturated rings. The minimum absolute atomic E-state index is 0.293. The first-order chi connectivity index (χ1) is 8.70. The maximum Gasteiger partial charge on any atom is 0.356 e. The Hall–Kier alpha value is -1.27. The second-order valence-corrected chi connectivity index (χ2v) is 5.30. The Balaban J connectivity index is 2.12. The Bertz CT molecular complexity index is 433. The lowest BCUT2D eigenvalue weighted by Crippen LogP contribution is -2.18. The zero-order chi connectivity index (χ0) is 13.0. The number of hydrogen-bond donors (Lipinski definition) is 1. The van der Waals surface area contributed by atoms with Crippen molar-refractivity contribution in [3.8, 4) is 0 Å². The molecule has 0 aromatic carbocycles. The number of methoxy groups -OCH3 is 1. The van der Waals surface area contributed by atoms with Crippen molar-refractivity contribution >= 4 is 23.4 Å². The number of thioether (sulfide) groups is 1. The number of nitrogen functional groups attached to an aromatic ring is 1. The van der Waals surface area contributed by atoms with Crippen molar-refractivity contribution < 1.29 is 14.3 Å². The van der Waals surface area contributed by atoms with Gasteiger partial charge in [0.2, 0.25) is 0 Å². The standard InChI is InChI=1S/C12H16N2O3S/c1-16-12(15)10-3-2-9(13)11(14-10)18-8-4-6-17-7-5-8/h2-3,8H,4-7,13H2,1H3. The summed E-state index contributed by atoms with van der Waals surface area (Å²) in [6, 6.07) is 3.27. The fourth-order valence-corrected chi connectivity index (χ4v) is 2.81. The second kappa shape index (κ2) is 6.06. The summed E-state index contributed by atoms with van der Waals surface area (Å²) in [7, 11) is 1.34. The highest BCUT2D eigenvalue weighted by Gasteiger charge is 2.18. The van der Waals surface area contributed by atoms with Crippen LogP contribution in [-0.4, -0.2) is 36.5 Å². The van der Waals surface area contributed by atoms with Gasteiger partial charge in [-0.3, -0.25) is 0 Å². The fraction of sp³-hybridized carbons (Fsp3) is 0.500. The maximum atomic E-state index is 11.4. The number of anilines is 1. The van der Waals surface area contributed by atoms with Crippen molar-refractivity contribution in [2.24, 2.45) is 0 Å². The van der Waals surface area contributed by atoms with Gasteiger partial charge in [0.1, 0.15) is 10.7 Å². The second-order valence-electron chi connectivity index (χ2n) is 4.01. The molecule has 1 aromatic heterocycles. The number of nitrogens with zero attached hydrogens (tertiary/aromatic N) is 1. The third-order valence-corrected chi connectivity index (χ3v) is 4.09. The van der Waals surface area contributed by atoms with E-state index in [1.165, 1.54) is 7.11 Å². The van der Waals surface area contributed by atoms with E-state index in [4.69, 9.17) is 10.5 Å². The van der Waals surface area contributed by atoms with Gasteiger partial charge in [0.25, 0.3) is 0 Å². The van der Waals surface area contributed by atoms with Crippen LogP contribution in [0.15, 0.2) is 17.2 Å². The largest absolute Gasteiger partial charge is 0.464 e. The van der Waals surface area contributed by atoms with E-state index < -0.39 is 5.97 Å². The molecule has 2 rings (SSSR count). The van der Waals surface area contributed by atoms with E-state index in [2.05, 4.69) is 9.72 Å². The molecule has 0 aliphatic carbocycles. The molecule has 0 amide bonds. The average Bonchev–Trinajstić information content (AvgIpc) is 2.41. The SMILES string of the molecule is COC(=O)c1ccc(N)c(SC2CCOCC2)n1. The molecule has 5 nitrogen and oxygen atoms in total. The lowest BCUT2D eigenvalue weighted by atomic mass is 10.2. The first-order valence-electron chi connectivity index (χ1n) is 5.80. The van der Waals surface area contributed by atoms with Gasteiger partial charge in [0, 0.05) is 18.5 Å². The van der Waals surface area contributed by atoms with E-state index in [-0.39, 0.29) is 0 Å². The molecule has 0 saturated carbocycles. The van der Waals surface area contributed by atoms with Crippen LogP contribution in [-0.2, 0) is 9.47 Å². The molecule has 18 heavy (non-hydrogen) atoms. The summed E-state index contributed by atoms with van der Waals surface area (Å²) in [5.74, 6) is -0.441. The van der Waals surface area contributed by atoms with Crippen LogP contribution in [0, 0.1) is 0 Å². The van der Waals surface area contributed by atoms with Gasteiger partial charge in [-0.05, 0) is 25.0 Å². The minimum Gasteiger partial charge on any atom is -0.464 e. The van der Waals surface area contributed by atoms with E-state index in [9.17, 15) is 4.79 Å². The molecule has 1 aromatic rings. The Morgan fingerprint density at radius 3 is 2.89 bits per heavy atom. The number of aromatic nitrogens is 1. The average molecular weight is 268 g/mol. The number of esters is 1. The highest BCUT2D eigenvalue weighted by Crippen LogP contribution is 2.32. The molecular formula is C12H16N2O3S. The number of nitrogens with two attached hydrogens (primary N) is 1. The third-order valence-electron chi connectivity index (χ3n) is 2.73. The first kappa shape index (κ1) is 13.2. The highest BCUT2D eigenvalue weighted by atomic mass is 32.2. The first-order valence-corrected chi connectivity index (χ1v) is 6.68. The summed E-state index contributed by atoms with van der Waals surface area (Å²) in [4.78, 5) is 15.7. The van der Waals surface area contributed by atoms with Gasteiger partial charge < -0.3 is 15.2 Å². The number of carbonyl (C=O) groups excluding carboxylic acids is 1. The van der Waals surface area contributed by atoms with Gasteiger partial charge in [-0.2, -0.15) is 0 Å². The topological polar surface area (TPSA) is 74.4 Å². The smallest absolute Gasteiger partial charge is 0.356 e. The van der Waals surface area contributed by atoms with E-state index in [0.29, 0.717) is 21.7 Å². The molecule has 2 N–H and O–H groups in total. The normalized spacial score (nSPS) is 16.5. The predicted molar refractivity (Wildman–Crippen MR) is 69.7 cm³/mol. The van der Waals surface area contributed by atoms with Crippen LogP contribution in [0.2, 0.25) is 0 Å². The van der Waals surface area contributed by atoms with Gasteiger partial charge in [-0.15, -0.1) is 11.8 Å². The van der Waals surface area contributed by atoms with Crippen molar-refractivity contribution in [1.29, 1.82) is 0 Å². The number of hydrogen-bond acceptors (Lipinski definition) is 6. The molecule has 1 aliphatic heterocycles. The lowest BCUT2D eigenvalue weighted by Gasteiger charge is -2.21. The zero-order valence-corrected chi connectivity index (χ0v) is 11.0. The number of carbonyl (C=O) groups is 1. The van der Waals surface area contributed by atoms with Crippen LogP contribution in [0.4, 0.5) is 5.69 Å². The molecule has 0 radical (unpaired) electrons. The summed E-state index contributed by atoms with van der Waals surface area (Å²) < 4.78 is 9.96. The predicted octanol–water partition coefficient (Wildman–Crippen LogP) is 1.72. The van der Waals surface area contributed by atoms with Crippen LogP contribution in [0.3, 0.4) is 0 Å².